The molecule has 3 aliphatic rings. The zero-order chi connectivity index (χ0) is 23.1. The first kappa shape index (κ1) is 24.0. The fourth-order valence-electron chi connectivity index (χ4n) is 5.24. The summed E-state index contributed by atoms with van der Waals surface area (Å²) in [6.07, 6.45) is -5.56. The van der Waals surface area contributed by atoms with Crippen LogP contribution in [-0.2, 0) is 20.8 Å². The predicted octanol–water partition coefficient (Wildman–Crippen LogP) is -1.97. The minimum absolute atomic E-state index is 0.0256. The summed E-state index contributed by atoms with van der Waals surface area (Å²) < 4.78 is 17.9. The molecule has 0 aromatic heterocycles. The van der Waals surface area contributed by atoms with Crippen LogP contribution >= 0.6 is 0 Å². The van der Waals surface area contributed by atoms with E-state index in [0.29, 0.717) is 6.54 Å². The minimum atomic E-state index is -2.20. The molecule has 0 radical (unpaired) electrons. The lowest BCUT2D eigenvalue weighted by Gasteiger charge is -2.60. The summed E-state index contributed by atoms with van der Waals surface area (Å²) in [5.41, 5.74) is -0.698. The van der Waals surface area contributed by atoms with Crippen LogP contribution in [-0.4, -0.2) is 101 Å². The Bertz CT molecular complexity index is 773. The SMILES string of the molecule is CNC1C(O)C(NC)C2OC3(O)C(OC(C)CC3(O)CNCc3ccccc3)OC2C1O. The van der Waals surface area contributed by atoms with Gasteiger partial charge >= 0.3 is 0 Å². The van der Waals surface area contributed by atoms with Crippen molar-refractivity contribution in [2.24, 2.45) is 0 Å². The highest BCUT2D eigenvalue weighted by Gasteiger charge is 2.68. The van der Waals surface area contributed by atoms with E-state index in [1.807, 2.05) is 30.3 Å². The van der Waals surface area contributed by atoms with Crippen molar-refractivity contribution in [3.63, 3.8) is 0 Å². The smallest absolute Gasteiger partial charge is 0.249 e. The normalized spacial score (nSPS) is 46.3. The van der Waals surface area contributed by atoms with E-state index in [9.17, 15) is 20.4 Å². The van der Waals surface area contributed by atoms with Gasteiger partial charge in [0.05, 0.1) is 24.3 Å². The van der Waals surface area contributed by atoms with Gasteiger partial charge in [-0.3, -0.25) is 0 Å². The second-order valence-corrected chi connectivity index (χ2v) is 9.09. The Morgan fingerprint density at radius 1 is 0.969 bits per heavy atom. The fourth-order valence-corrected chi connectivity index (χ4v) is 5.24. The summed E-state index contributed by atoms with van der Waals surface area (Å²) in [6, 6.07) is 8.39. The Labute approximate surface area is 187 Å². The second kappa shape index (κ2) is 9.22. The van der Waals surface area contributed by atoms with Crippen LogP contribution in [0.1, 0.15) is 18.9 Å². The summed E-state index contributed by atoms with van der Waals surface area (Å²) in [7, 11) is 3.29. The first-order valence-corrected chi connectivity index (χ1v) is 11.1. The molecule has 2 aliphatic heterocycles. The molecule has 7 N–H and O–H groups in total. The van der Waals surface area contributed by atoms with Gasteiger partial charge in [0, 0.05) is 19.5 Å². The van der Waals surface area contributed by atoms with Crippen LogP contribution in [0.15, 0.2) is 30.3 Å². The molecule has 10 nitrogen and oxygen atoms in total. The highest BCUT2D eigenvalue weighted by molar-refractivity contribution is 5.15. The molecule has 0 spiro atoms. The van der Waals surface area contributed by atoms with Gasteiger partial charge in [0.25, 0.3) is 0 Å². The van der Waals surface area contributed by atoms with Crippen molar-refractivity contribution in [2.45, 2.75) is 80.2 Å². The Hall–Kier alpha value is -1.18. The van der Waals surface area contributed by atoms with E-state index >= 15 is 0 Å². The Morgan fingerprint density at radius 2 is 1.66 bits per heavy atom. The minimum Gasteiger partial charge on any atom is -0.390 e. The molecular weight excluding hydrogens is 418 g/mol. The van der Waals surface area contributed by atoms with Gasteiger partial charge in [-0.15, -0.1) is 0 Å². The molecule has 0 bridgehead atoms. The topological polar surface area (TPSA) is 145 Å². The van der Waals surface area contributed by atoms with Crippen LogP contribution < -0.4 is 16.0 Å². The standard InChI is InChI=1S/C22H35N3O7/c1-12-9-21(28,11-25-10-13-7-5-4-6-8-13)22(29)20(30-12)31-19-17(27)14(23-2)16(26)15(24-3)18(19)32-22/h4-8,12,14-20,23-29H,9-11H2,1-3H3. The van der Waals surface area contributed by atoms with Crippen molar-refractivity contribution in [1.82, 2.24) is 16.0 Å². The average molecular weight is 454 g/mol. The molecule has 10 unspecified atom stereocenters. The number of likely N-dealkylation sites (N-methyl/N-ethyl adjacent to an activating group) is 2. The van der Waals surface area contributed by atoms with E-state index in [2.05, 4.69) is 16.0 Å². The van der Waals surface area contributed by atoms with Gasteiger partial charge in [0.15, 0.2) is 0 Å². The molecule has 180 valence electrons. The molecule has 10 atom stereocenters. The number of aliphatic hydroxyl groups is 4. The molecule has 1 aromatic rings. The average Bonchev–Trinajstić information content (AvgIpc) is 2.75. The highest BCUT2D eigenvalue weighted by atomic mass is 16.8. The van der Waals surface area contributed by atoms with E-state index in [-0.39, 0.29) is 13.0 Å². The van der Waals surface area contributed by atoms with Crippen LogP contribution in [0.4, 0.5) is 0 Å². The maximum Gasteiger partial charge on any atom is 0.249 e. The van der Waals surface area contributed by atoms with Crippen LogP contribution in [0.3, 0.4) is 0 Å². The molecule has 32 heavy (non-hydrogen) atoms. The van der Waals surface area contributed by atoms with E-state index in [4.69, 9.17) is 14.2 Å². The molecule has 4 rings (SSSR count). The third-order valence-electron chi connectivity index (χ3n) is 6.94. The highest BCUT2D eigenvalue weighted by Crippen LogP contribution is 2.46. The van der Waals surface area contributed by atoms with Gasteiger partial charge in [0.2, 0.25) is 12.1 Å². The van der Waals surface area contributed by atoms with Crippen LogP contribution in [0.5, 0.6) is 0 Å². The summed E-state index contributed by atoms with van der Waals surface area (Å²) in [5, 5.41) is 53.9. The predicted molar refractivity (Wildman–Crippen MR) is 114 cm³/mol. The summed E-state index contributed by atoms with van der Waals surface area (Å²) in [4.78, 5) is 0. The van der Waals surface area contributed by atoms with Gasteiger partial charge in [-0.25, -0.2) is 0 Å². The van der Waals surface area contributed by atoms with Gasteiger partial charge in [0.1, 0.15) is 23.9 Å². The van der Waals surface area contributed by atoms with Crippen LogP contribution in [0, 0.1) is 0 Å². The lowest BCUT2D eigenvalue weighted by atomic mass is 9.77. The van der Waals surface area contributed by atoms with Crippen molar-refractivity contribution in [3.8, 4) is 0 Å². The molecule has 3 fully saturated rings. The van der Waals surface area contributed by atoms with Gasteiger partial charge in [-0.05, 0) is 26.6 Å². The fraction of sp³-hybridized carbons (Fsp3) is 0.727. The van der Waals surface area contributed by atoms with Gasteiger partial charge in [-0.1, -0.05) is 30.3 Å². The quantitative estimate of drug-likeness (QED) is 0.259. The monoisotopic (exact) mass is 453 g/mol. The number of hydrogen-bond acceptors (Lipinski definition) is 10. The molecule has 2 saturated heterocycles. The zero-order valence-electron chi connectivity index (χ0n) is 18.6. The summed E-state index contributed by atoms with van der Waals surface area (Å²) in [5.74, 6) is -2.20. The van der Waals surface area contributed by atoms with E-state index in [0.717, 1.165) is 5.56 Å². The first-order chi connectivity index (χ1) is 15.2. The molecule has 1 aliphatic carbocycles. The van der Waals surface area contributed by atoms with Gasteiger partial charge in [-0.2, -0.15) is 0 Å². The number of benzene rings is 1. The molecule has 1 saturated carbocycles. The molecule has 1 aromatic carbocycles. The Morgan fingerprint density at radius 3 is 2.31 bits per heavy atom. The van der Waals surface area contributed by atoms with Crippen molar-refractivity contribution in [1.29, 1.82) is 0 Å². The van der Waals surface area contributed by atoms with E-state index in [1.54, 1.807) is 21.0 Å². The largest absolute Gasteiger partial charge is 0.390 e. The number of fused-ring (bicyclic) bond motifs is 2. The van der Waals surface area contributed by atoms with Crippen LogP contribution in [0.25, 0.3) is 0 Å². The first-order valence-electron chi connectivity index (χ1n) is 11.1. The third kappa shape index (κ3) is 3.98. The summed E-state index contributed by atoms with van der Waals surface area (Å²) in [6.45, 7) is 2.30. The zero-order valence-corrected chi connectivity index (χ0v) is 18.6. The maximum absolute atomic E-state index is 11.6. The number of rotatable bonds is 6. The Balaban J connectivity index is 1.57. The second-order valence-electron chi connectivity index (χ2n) is 9.09. The molecule has 2 heterocycles. The maximum atomic E-state index is 11.6. The molecule has 10 heteroatoms. The van der Waals surface area contributed by atoms with Crippen molar-refractivity contribution >= 4 is 0 Å². The van der Waals surface area contributed by atoms with Gasteiger partial charge < -0.3 is 50.6 Å². The summed E-state index contributed by atoms with van der Waals surface area (Å²) >= 11 is 0. The molecule has 0 amide bonds. The number of aliphatic hydroxyl groups excluding tert-OH is 2. The van der Waals surface area contributed by atoms with Crippen molar-refractivity contribution in [2.75, 3.05) is 20.6 Å². The van der Waals surface area contributed by atoms with Crippen molar-refractivity contribution in [3.05, 3.63) is 35.9 Å². The lowest BCUT2D eigenvalue weighted by molar-refractivity contribution is -0.482. The molecular formula is C22H35N3O7. The third-order valence-corrected chi connectivity index (χ3v) is 6.94. The number of hydrogen-bond donors (Lipinski definition) is 7. The van der Waals surface area contributed by atoms with Crippen molar-refractivity contribution < 1.29 is 34.6 Å². The number of nitrogens with one attached hydrogen (secondary N) is 3. The number of ether oxygens (including phenoxy) is 3. The van der Waals surface area contributed by atoms with Crippen LogP contribution in [0.2, 0.25) is 0 Å². The Kier molecular flexibility index (Phi) is 6.91. The van der Waals surface area contributed by atoms with E-state index < -0.39 is 60.3 Å². The lowest BCUT2D eigenvalue weighted by Crippen LogP contribution is -2.81. The van der Waals surface area contributed by atoms with E-state index in [1.165, 1.54) is 0 Å².